The summed E-state index contributed by atoms with van der Waals surface area (Å²) < 4.78 is 48.5. The minimum Gasteiger partial charge on any atom is -0.383 e. The van der Waals surface area contributed by atoms with Gasteiger partial charge in [-0.05, 0) is 30.3 Å². The molecule has 0 aliphatic rings. The molecule has 0 radical (unpaired) electrons. The van der Waals surface area contributed by atoms with Crippen molar-refractivity contribution in [1.82, 2.24) is 4.90 Å². The van der Waals surface area contributed by atoms with Gasteiger partial charge in [0, 0.05) is 31.7 Å². The average Bonchev–Trinajstić information content (AvgIpc) is 2.65. The molecule has 2 rings (SSSR count). The number of hydrogen-bond acceptors (Lipinski definition) is 5. The van der Waals surface area contributed by atoms with Crippen molar-refractivity contribution in [2.75, 3.05) is 20.3 Å². The quantitative estimate of drug-likeness (QED) is 0.595. The van der Waals surface area contributed by atoms with E-state index in [2.05, 4.69) is 0 Å². The van der Waals surface area contributed by atoms with E-state index < -0.39 is 15.9 Å². The van der Waals surface area contributed by atoms with E-state index in [1.807, 2.05) is 0 Å². The van der Waals surface area contributed by atoms with E-state index in [-0.39, 0.29) is 29.0 Å². The minimum atomic E-state index is -4.14. The molecule has 0 saturated carbocycles. The number of rotatable bonds is 9. The number of carbonyl (C=O) groups is 1. The first-order valence-corrected chi connectivity index (χ1v) is 10.2. The molecule has 0 fully saturated rings. The predicted molar refractivity (Wildman–Crippen MR) is 103 cm³/mol. The molecule has 0 aromatic heterocycles. The van der Waals surface area contributed by atoms with E-state index in [1.165, 1.54) is 6.07 Å². The van der Waals surface area contributed by atoms with E-state index in [4.69, 9.17) is 8.92 Å². The Hall–Kier alpha value is -2.45. The van der Waals surface area contributed by atoms with E-state index in [0.29, 0.717) is 18.7 Å². The number of amides is 1. The Morgan fingerprint density at radius 1 is 1.11 bits per heavy atom. The summed E-state index contributed by atoms with van der Waals surface area (Å²) in [6, 6.07) is 11.0. The molecule has 0 aliphatic carbocycles. The lowest BCUT2D eigenvalue weighted by Gasteiger charge is -2.25. The zero-order chi connectivity index (χ0) is 20.7. The van der Waals surface area contributed by atoms with Crippen molar-refractivity contribution in [2.24, 2.45) is 5.92 Å². The maximum atomic E-state index is 13.1. The first kappa shape index (κ1) is 21.8. The third-order valence-corrected chi connectivity index (χ3v) is 5.26. The average molecular weight is 409 g/mol. The van der Waals surface area contributed by atoms with Gasteiger partial charge in [0.2, 0.25) is 5.91 Å². The Morgan fingerprint density at radius 2 is 1.75 bits per heavy atom. The first-order valence-electron chi connectivity index (χ1n) is 8.80. The van der Waals surface area contributed by atoms with E-state index in [0.717, 1.165) is 24.3 Å². The van der Waals surface area contributed by atoms with Gasteiger partial charge in [-0.15, -0.1) is 0 Å². The summed E-state index contributed by atoms with van der Waals surface area (Å²) in [5, 5.41) is 0. The molecule has 0 aliphatic heterocycles. The van der Waals surface area contributed by atoms with E-state index in [1.54, 1.807) is 44.1 Å². The largest absolute Gasteiger partial charge is 0.383 e. The second kappa shape index (κ2) is 9.66. The van der Waals surface area contributed by atoms with Crippen molar-refractivity contribution in [3.05, 3.63) is 59.9 Å². The summed E-state index contributed by atoms with van der Waals surface area (Å²) in [6.45, 7) is 4.49. The van der Waals surface area contributed by atoms with Gasteiger partial charge in [-0.25, -0.2) is 4.39 Å². The first-order chi connectivity index (χ1) is 13.2. The molecule has 0 unspecified atom stereocenters. The molecule has 2 aromatic rings. The highest BCUT2D eigenvalue weighted by Crippen LogP contribution is 2.25. The molecule has 0 spiro atoms. The number of methoxy groups -OCH3 is 1. The van der Waals surface area contributed by atoms with Gasteiger partial charge in [-0.2, -0.15) is 8.42 Å². The molecule has 28 heavy (non-hydrogen) atoms. The van der Waals surface area contributed by atoms with Crippen molar-refractivity contribution >= 4 is 16.0 Å². The standard InChI is InChI=1S/C20H24FNO5S/c1-15(2)20(23)22(12-13-26-3)14-16-6-4-5-7-19(16)27-28(24,25)18-10-8-17(21)9-11-18/h4-11,15H,12-14H2,1-3H3. The van der Waals surface area contributed by atoms with Crippen LogP contribution in [0.1, 0.15) is 19.4 Å². The Bertz CT molecular complexity index is 897. The van der Waals surface area contributed by atoms with Gasteiger partial charge in [0.1, 0.15) is 16.5 Å². The van der Waals surface area contributed by atoms with Crippen LogP contribution in [0.15, 0.2) is 53.4 Å². The van der Waals surface area contributed by atoms with Crippen LogP contribution in [-0.4, -0.2) is 39.5 Å². The monoisotopic (exact) mass is 409 g/mol. The molecule has 0 bridgehead atoms. The van der Waals surface area contributed by atoms with Crippen molar-refractivity contribution in [3.8, 4) is 5.75 Å². The zero-order valence-corrected chi connectivity index (χ0v) is 16.9. The van der Waals surface area contributed by atoms with Crippen LogP contribution >= 0.6 is 0 Å². The summed E-state index contributed by atoms with van der Waals surface area (Å²) in [5.74, 6) is -0.715. The number of para-hydroxylation sites is 1. The van der Waals surface area contributed by atoms with Crippen LogP contribution in [-0.2, 0) is 26.2 Å². The van der Waals surface area contributed by atoms with Gasteiger partial charge in [0.15, 0.2) is 0 Å². The van der Waals surface area contributed by atoms with Crippen molar-refractivity contribution in [3.63, 3.8) is 0 Å². The molecule has 6 nitrogen and oxygen atoms in total. The van der Waals surface area contributed by atoms with Crippen LogP contribution in [0.3, 0.4) is 0 Å². The Morgan fingerprint density at radius 3 is 2.36 bits per heavy atom. The fourth-order valence-electron chi connectivity index (χ4n) is 2.52. The smallest absolute Gasteiger partial charge is 0.339 e. The fraction of sp³-hybridized carbons (Fsp3) is 0.350. The highest BCUT2D eigenvalue weighted by atomic mass is 32.2. The van der Waals surface area contributed by atoms with Gasteiger partial charge in [0.05, 0.1) is 6.61 Å². The van der Waals surface area contributed by atoms with E-state index >= 15 is 0 Å². The third kappa shape index (κ3) is 5.77. The van der Waals surface area contributed by atoms with Crippen LogP contribution < -0.4 is 4.18 Å². The van der Waals surface area contributed by atoms with Crippen molar-refractivity contribution in [1.29, 1.82) is 0 Å². The van der Waals surface area contributed by atoms with Crippen molar-refractivity contribution < 1.29 is 26.5 Å². The molecule has 152 valence electrons. The highest BCUT2D eigenvalue weighted by molar-refractivity contribution is 7.87. The molecule has 0 N–H and O–H groups in total. The van der Waals surface area contributed by atoms with Crippen LogP contribution in [0.4, 0.5) is 4.39 Å². The molecular weight excluding hydrogens is 385 g/mol. The van der Waals surface area contributed by atoms with Crippen LogP contribution in [0, 0.1) is 11.7 Å². The molecule has 2 aromatic carbocycles. The molecule has 8 heteroatoms. The fourth-order valence-corrected chi connectivity index (χ4v) is 3.49. The van der Waals surface area contributed by atoms with Gasteiger partial charge < -0.3 is 13.8 Å². The summed E-state index contributed by atoms with van der Waals surface area (Å²) in [5.41, 5.74) is 0.540. The number of halogens is 1. The highest BCUT2D eigenvalue weighted by Gasteiger charge is 2.22. The number of ether oxygens (including phenoxy) is 1. The SMILES string of the molecule is COCCN(Cc1ccccc1OS(=O)(=O)c1ccc(F)cc1)C(=O)C(C)C. The normalized spacial score (nSPS) is 11.5. The summed E-state index contributed by atoms with van der Waals surface area (Å²) in [6.07, 6.45) is 0. The second-order valence-electron chi connectivity index (χ2n) is 6.51. The summed E-state index contributed by atoms with van der Waals surface area (Å²) in [7, 11) is -2.59. The number of carbonyl (C=O) groups excluding carboxylic acids is 1. The van der Waals surface area contributed by atoms with E-state index in [9.17, 15) is 17.6 Å². The molecule has 0 saturated heterocycles. The number of nitrogens with zero attached hydrogens (tertiary/aromatic N) is 1. The third-order valence-electron chi connectivity index (χ3n) is 4.01. The van der Waals surface area contributed by atoms with Crippen LogP contribution in [0.5, 0.6) is 5.75 Å². The predicted octanol–water partition coefficient (Wildman–Crippen LogP) is 3.22. The Labute approximate surface area is 165 Å². The van der Waals surface area contributed by atoms with Gasteiger partial charge >= 0.3 is 10.1 Å². The molecular formula is C20H24FNO5S. The maximum absolute atomic E-state index is 13.1. The van der Waals surface area contributed by atoms with Crippen molar-refractivity contribution in [2.45, 2.75) is 25.3 Å². The van der Waals surface area contributed by atoms with Gasteiger partial charge in [0.25, 0.3) is 0 Å². The Balaban J connectivity index is 2.28. The second-order valence-corrected chi connectivity index (χ2v) is 8.05. The topological polar surface area (TPSA) is 72.9 Å². The summed E-state index contributed by atoms with van der Waals surface area (Å²) >= 11 is 0. The number of benzene rings is 2. The summed E-state index contributed by atoms with van der Waals surface area (Å²) in [4.78, 5) is 13.9. The lowest BCUT2D eigenvalue weighted by molar-refractivity contribution is -0.135. The van der Waals surface area contributed by atoms with Gasteiger partial charge in [-0.3, -0.25) is 4.79 Å². The number of hydrogen-bond donors (Lipinski definition) is 0. The van der Waals surface area contributed by atoms with Crippen LogP contribution in [0.25, 0.3) is 0 Å². The van der Waals surface area contributed by atoms with Crippen LogP contribution in [0.2, 0.25) is 0 Å². The molecule has 0 atom stereocenters. The zero-order valence-electron chi connectivity index (χ0n) is 16.1. The Kier molecular flexibility index (Phi) is 7.53. The lowest BCUT2D eigenvalue weighted by Crippen LogP contribution is -2.36. The minimum absolute atomic E-state index is 0.0757. The maximum Gasteiger partial charge on any atom is 0.339 e. The lowest BCUT2D eigenvalue weighted by atomic mass is 10.1. The molecule has 1 amide bonds. The van der Waals surface area contributed by atoms with Gasteiger partial charge in [-0.1, -0.05) is 32.0 Å². The molecule has 0 heterocycles.